The average molecular weight is 75.1 g/mol. The van der Waals surface area contributed by atoms with E-state index in [9.17, 15) is 0 Å². The molecule has 0 N–H and O–H groups in total. The maximum atomic E-state index is 3.46. The van der Waals surface area contributed by atoms with E-state index < -0.39 is 0 Å². The van der Waals surface area contributed by atoms with Crippen LogP contribution in [-0.4, -0.2) is 18.9 Å². The van der Waals surface area contributed by atoms with Crippen molar-refractivity contribution in [2.75, 3.05) is 0 Å². The molecule has 0 aliphatic heterocycles. The monoisotopic (exact) mass is 75.1 g/mol. The summed E-state index contributed by atoms with van der Waals surface area (Å²) in [6, 6.07) is 0. The molecule has 0 atom stereocenters. The third kappa shape index (κ3) is 8.95. The molecule has 0 aromatic heterocycles. The van der Waals surface area contributed by atoms with E-state index in [1.165, 1.54) is 0 Å². The van der Waals surface area contributed by atoms with Crippen LogP contribution >= 0.6 is 0 Å². The summed E-state index contributed by atoms with van der Waals surface area (Å²) in [5, 5.41) is 0. The van der Waals surface area contributed by atoms with E-state index in [1.54, 1.807) is 6.08 Å². The van der Waals surface area contributed by atoms with Gasteiger partial charge in [-0.05, 0) is 6.92 Å². The molecule has 6 heavy (non-hydrogen) atoms. The summed E-state index contributed by atoms with van der Waals surface area (Å²) >= 11 is 0. The molecule has 0 aromatic carbocycles. The van der Waals surface area contributed by atoms with Gasteiger partial charge in [-0.2, -0.15) is 0 Å². The van der Waals surface area contributed by atoms with E-state index in [4.69, 9.17) is 0 Å². The quantitative estimate of drug-likeness (QED) is 0.326. The van der Waals surface area contributed by atoms with Gasteiger partial charge in [0.05, 0.1) is 0 Å². The Morgan fingerprint density at radius 2 is 2.00 bits per heavy atom. The van der Waals surface area contributed by atoms with Gasteiger partial charge in [-0.1, -0.05) is 24.8 Å². The van der Waals surface area contributed by atoms with Crippen LogP contribution in [0.3, 0.4) is 0 Å². The molecule has 0 heterocycles. The molecule has 1 radical (unpaired) electrons. The predicted molar refractivity (Wildman–Crippen MR) is 30.8 cm³/mol. The number of hydrogen-bond acceptors (Lipinski definition) is 0. The van der Waals surface area contributed by atoms with E-state index >= 15 is 0 Å². The second-order valence-corrected chi connectivity index (χ2v) is 0.761. The van der Waals surface area contributed by atoms with Crippen LogP contribution in [-0.2, 0) is 0 Å². The summed E-state index contributed by atoms with van der Waals surface area (Å²) in [7, 11) is 0. The molecule has 0 saturated heterocycles. The smallest absolute Gasteiger partial charge is 0 e. The first-order valence-electron chi connectivity index (χ1n) is 1.65. The van der Waals surface area contributed by atoms with Gasteiger partial charge in [-0.3, -0.25) is 0 Å². The Kier molecular flexibility index (Phi) is 14.0. The minimum Gasteiger partial charge on any atom is -0.0991 e. The van der Waals surface area contributed by atoms with Gasteiger partial charge < -0.3 is 0 Å². The molecule has 0 fully saturated rings. The zero-order valence-electron chi connectivity index (χ0n) is 4.44. The maximum absolute atomic E-state index is 3.46. The Balaban J connectivity index is 0. The van der Waals surface area contributed by atoms with E-state index in [0.717, 1.165) is 0 Å². The Bertz CT molecular complexity index is 45.9. The molecule has 0 rings (SSSR count). The van der Waals surface area contributed by atoms with Crippen LogP contribution in [0.4, 0.5) is 0 Å². The van der Waals surface area contributed by atoms with Gasteiger partial charge in [0, 0.05) is 18.9 Å². The van der Waals surface area contributed by atoms with Gasteiger partial charge in [-0.25, -0.2) is 0 Å². The van der Waals surface area contributed by atoms with Crippen molar-refractivity contribution in [3.8, 4) is 0 Å². The largest absolute Gasteiger partial charge is 0.0991 e. The van der Waals surface area contributed by atoms with Crippen LogP contribution in [0.2, 0.25) is 0 Å². The Hall–Kier alpha value is 0.0774. The standard InChI is InChI=1S/C5H8.Li/c1-3-5-4-2;/h3-5H,1H2,2H3;. The zero-order valence-corrected chi connectivity index (χ0v) is 4.44. The Labute approximate surface area is 51.1 Å². The van der Waals surface area contributed by atoms with E-state index in [0.29, 0.717) is 0 Å². The maximum Gasteiger partial charge on any atom is 0 e. The molecule has 0 saturated carbocycles. The minimum atomic E-state index is 0. The van der Waals surface area contributed by atoms with E-state index in [2.05, 4.69) is 6.58 Å². The summed E-state index contributed by atoms with van der Waals surface area (Å²) in [5.74, 6) is 0. The normalized spacial score (nSPS) is 7.50. The molecule has 0 unspecified atom stereocenters. The molecule has 0 spiro atoms. The van der Waals surface area contributed by atoms with Crippen molar-refractivity contribution in [3.63, 3.8) is 0 Å². The van der Waals surface area contributed by atoms with Crippen molar-refractivity contribution >= 4 is 18.9 Å². The van der Waals surface area contributed by atoms with Gasteiger partial charge in [-0.15, -0.1) is 0 Å². The van der Waals surface area contributed by atoms with Crippen LogP contribution < -0.4 is 0 Å². The van der Waals surface area contributed by atoms with Crippen LogP contribution in [0.1, 0.15) is 6.92 Å². The average Bonchev–Trinajstić information content (AvgIpc) is 1.41. The number of rotatable bonds is 1. The third-order valence-electron chi connectivity index (χ3n) is 0.329. The molecule has 0 amide bonds. The van der Waals surface area contributed by atoms with Crippen LogP contribution in [0.5, 0.6) is 0 Å². The Morgan fingerprint density at radius 1 is 1.50 bits per heavy atom. The van der Waals surface area contributed by atoms with Gasteiger partial charge in [0.1, 0.15) is 0 Å². The summed E-state index contributed by atoms with van der Waals surface area (Å²) in [4.78, 5) is 0. The topological polar surface area (TPSA) is 0 Å². The van der Waals surface area contributed by atoms with Crippen molar-refractivity contribution < 1.29 is 0 Å². The zero-order chi connectivity index (χ0) is 4.12. The molecule has 0 bridgehead atoms. The fourth-order valence-electron chi connectivity index (χ4n) is 0.136. The van der Waals surface area contributed by atoms with Crippen LogP contribution in [0.25, 0.3) is 0 Å². The molecule has 0 nitrogen and oxygen atoms in total. The van der Waals surface area contributed by atoms with E-state index in [-0.39, 0.29) is 18.9 Å². The van der Waals surface area contributed by atoms with Gasteiger partial charge in [0.2, 0.25) is 0 Å². The van der Waals surface area contributed by atoms with Crippen LogP contribution in [0, 0.1) is 0 Å². The summed E-state index contributed by atoms with van der Waals surface area (Å²) in [6.45, 7) is 5.42. The summed E-state index contributed by atoms with van der Waals surface area (Å²) < 4.78 is 0. The number of hydrogen-bond donors (Lipinski definition) is 0. The molecule has 0 aromatic rings. The van der Waals surface area contributed by atoms with Gasteiger partial charge in [0.15, 0.2) is 0 Å². The molecule has 0 aliphatic rings. The fourth-order valence-corrected chi connectivity index (χ4v) is 0.136. The van der Waals surface area contributed by atoms with Crippen molar-refractivity contribution in [2.24, 2.45) is 0 Å². The van der Waals surface area contributed by atoms with Crippen molar-refractivity contribution in [3.05, 3.63) is 24.8 Å². The first-order valence-corrected chi connectivity index (χ1v) is 1.65. The van der Waals surface area contributed by atoms with Crippen molar-refractivity contribution in [1.82, 2.24) is 0 Å². The molecule has 0 aliphatic carbocycles. The summed E-state index contributed by atoms with van der Waals surface area (Å²) in [6.07, 6.45) is 5.58. The fraction of sp³-hybridized carbons (Fsp3) is 0.200. The molecule has 29 valence electrons. The first kappa shape index (κ1) is 9.42. The van der Waals surface area contributed by atoms with Gasteiger partial charge >= 0.3 is 0 Å². The number of allylic oxidation sites excluding steroid dienone is 3. The predicted octanol–water partition coefficient (Wildman–Crippen LogP) is 1.37. The Morgan fingerprint density at radius 3 is 2.00 bits per heavy atom. The van der Waals surface area contributed by atoms with Crippen molar-refractivity contribution in [2.45, 2.75) is 6.92 Å². The third-order valence-corrected chi connectivity index (χ3v) is 0.329. The van der Waals surface area contributed by atoms with E-state index in [1.807, 2.05) is 19.1 Å². The molecular weight excluding hydrogens is 67.0 g/mol. The molecule has 1 heteroatoms. The van der Waals surface area contributed by atoms with Gasteiger partial charge in [0.25, 0.3) is 0 Å². The summed E-state index contributed by atoms with van der Waals surface area (Å²) in [5.41, 5.74) is 0. The van der Waals surface area contributed by atoms with Crippen molar-refractivity contribution in [1.29, 1.82) is 0 Å². The second-order valence-electron chi connectivity index (χ2n) is 0.761. The van der Waals surface area contributed by atoms with Crippen LogP contribution in [0.15, 0.2) is 24.8 Å². The first-order chi connectivity index (χ1) is 2.41. The SMILES string of the molecule is C=CC=CC.[Li]. The molecular formula is C5H8Li. The second kappa shape index (κ2) is 8.91. The minimum absolute atomic E-state index is 0.